The van der Waals surface area contributed by atoms with E-state index in [1.165, 1.54) is 32.1 Å². The van der Waals surface area contributed by atoms with Crippen LogP contribution in [0.3, 0.4) is 0 Å². The van der Waals surface area contributed by atoms with E-state index < -0.39 is 0 Å². The second-order valence-corrected chi connectivity index (χ2v) is 6.23. The molecule has 0 spiro atoms. The Morgan fingerprint density at radius 3 is 2.58 bits per heavy atom. The van der Waals surface area contributed by atoms with E-state index in [4.69, 9.17) is 0 Å². The molecule has 8 heteroatoms. The normalized spacial score (nSPS) is 16.2. The molecule has 1 aromatic rings. The molecule has 1 fully saturated rings. The van der Waals surface area contributed by atoms with Gasteiger partial charge in [0.15, 0.2) is 0 Å². The molecular weight excluding hydrogens is 349 g/mol. The first-order chi connectivity index (χ1) is 10.6. The fourth-order valence-corrected chi connectivity index (χ4v) is 3.20. The number of nitrogens with zero attached hydrogens (tertiary/aromatic N) is 3. The molecule has 1 aliphatic carbocycles. The third-order valence-corrected chi connectivity index (χ3v) is 4.57. The Morgan fingerprint density at radius 2 is 2.04 bits per heavy atom. The maximum Gasteiger partial charge on any atom is 0.241 e. The Bertz CT molecular complexity index is 477. The molecule has 1 saturated carbocycles. The topological polar surface area (TPSA) is 62.2 Å². The smallest absolute Gasteiger partial charge is 0.241 e. The predicted octanol–water partition coefficient (Wildman–Crippen LogP) is 1.90. The fourth-order valence-electron chi connectivity index (χ4n) is 3.20. The third-order valence-electron chi connectivity index (χ3n) is 4.57. The van der Waals surface area contributed by atoms with Crippen LogP contribution in [0, 0.1) is 0 Å². The molecule has 0 aromatic carbocycles. The van der Waals surface area contributed by atoms with Crippen molar-refractivity contribution in [1.82, 2.24) is 25.3 Å². The number of nitrogens with one attached hydrogen (secondary N) is 2. The van der Waals surface area contributed by atoms with Crippen molar-refractivity contribution in [2.75, 3.05) is 27.2 Å². The average molecular weight is 380 g/mol. The summed E-state index contributed by atoms with van der Waals surface area (Å²) in [7, 11) is 5.82. The highest BCUT2D eigenvalue weighted by Crippen LogP contribution is 2.21. The van der Waals surface area contributed by atoms with Crippen LogP contribution in [0.5, 0.6) is 0 Å². The molecule has 24 heavy (non-hydrogen) atoms. The standard InChI is InChI=1S/C16H29N5O.2ClH/c1-17-15(13-11-19-21(3)12-13)16(22)18-9-10-20(2)14-7-5-4-6-8-14;;/h11-12,14-15,17H,4-10H2,1-3H3,(H,18,22);2*1H. The van der Waals surface area contributed by atoms with Crippen molar-refractivity contribution in [2.24, 2.45) is 7.05 Å². The second-order valence-electron chi connectivity index (χ2n) is 6.23. The number of aromatic nitrogens is 2. The lowest BCUT2D eigenvalue weighted by Gasteiger charge is -2.31. The van der Waals surface area contributed by atoms with Crippen LogP contribution in [0.1, 0.15) is 43.7 Å². The number of amides is 1. The molecule has 2 rings (SSSR count). The molecule has 0 saturated heterocycles. The zero-order valence-corrected chi connectivity index (χ0v) is 16.5. The lowest BCUT2D eigenvalue weighted by Crippen LogP contribution is -2.42. The van der Waals surface area contributed by atoms with Crippen LogP contribution in [0.25, 0.3) is 0 Å². The van der Waals surface area contributed by atoms with E-state index in [1.54, 1.807) is 17.9 Å². The molecule has 140 valence electrons. The number of carbonyl (C=O) groups is 1. The number of hydrogen-bond donors (Lipinski definition) is 2. The summed E-state index contributed by atoms with van der Waals surface area (Å²) < 4.78 is 1.71. The summed E-state index contributed by atoms with van der Waals surface area (Å²) in [5.74, 6) is 0.00699. The van der Waals surface area contributed by atoms with Gasteiger partial charge in [-0.2, -0.15) is 5.10 Å². The lowest BCUT2D eigenvalue weighted by atomic mass is 9.94. The molecule has 1 heterocycles. The molecule has 1 amide bonds. The maximum absolute atomic E-state index is 12.3. The summed E-state index contributed by atoms with van der Waals surface area (Å²) in [6, 6.07) is 0.345. The van der Waals surface area contributed by atoms with Gasteiger partial charge in [-0.3, -0.25) is 9.48 Å². The van der Waals surface area contributed by atoms with Crippen LogP contribution in [0.15, 0.2) is 12.4 Å². The van der Waals surface area contributed by atoms with Crippen molar-refractivity contribution in [3.63, 3.8) is 0 Å². The highest BCUT2D eigenvalue weighted by atomic mass is 35.5. The fraction of sp³-hybridized carbons (Fsp3) is 0.750. The van der Waals surface area contributed by atoms with Crippen LogP contribution >= 0.6 is 24.8 Å². The van der Waals surface area contributed by atoms with Crippen LogP contribution in [0.4, 0.5) is 0 Å². The minimum absolute atomic E-state index is 0. The highest BCUT2D eigenvalue weighted by molar-refractivity contribution is 5.85. The minimum atomic E-state index is -0.339. The number of carbonyl (C=O) groups excluding carboxylic acids is 1. The van der Waals surface area contributed by atoms with Crippen molar-refractivity contribution in [1.29, 1.82) is 0 Å². The quantitative estimate of drug-likeness (QED) is 0.759. The van der Waals surface area contributed by atoms with Gasteiger partial charge in [-0.05, 0) is 26.9 Å². The predicted molar refractivity (Wildman–Crippen MR) is 102 cm³/mol. The zero-order chi connectivity index (χ0) is 15.9. The van der Waals surface area contributed by atoms with Crippen molar-refractivity contribution in [3.05, 3.63) is 18.0 Å². The summed E-state index contributed by atoms with van der Waals surface area (Å²) in [5.41, 5.74) is 0.892. The summed E-state index contributed by atoms with van der Waals surface area (Å²) in [4.78, 5) is 14.7. The maximum atomic E-state index is 12.3. The van der Waals surface area contributed by atoms with Gasteiger partial charge < -0.3 is 15.5 Å². The molecule has 0 bridgehead atoms. The first-order valence-electron chi connectivity index (χ1n) is 8.25. The first kappa shape index (κ1) is 23.2. The summed E-state index contributed by atoms with van der Waals surface area (Å²) in [6.45, 7) is 1.59. The van der Waals surface area contributed by atoms with E-state index in [0.29, 0.717) is 12.6 Å². The van der Waals surface area contributed by atoms with Crippen LogP contribution in [0.2, 0.25) is 0 Å². The molecule has 0 radical (unpaired) electrons. The highest BCUT2D eigenvalue weighted by Gasteiger charge is 2.21. The van der Waals surface area contributed by atoms with E-state index in [9.17, 15) is 4.79 Å². The molecule has 1 unspecified atom stereocenters. The summed E-state index contributed by atoms with van der Waals surface area (Å²) >= 11 is 0. The summed E-state index contributed by atoms with van der Waals surface area (Å²) in [6.07, 6.45) is 10.2. The van der Waals surface area contributed by atoms with E-state index in [0.717, 1.165) is 12.1 Å². The lowest BCUT2D eigenvalue weighted by molar-refractivity contribution is -0.123. The first-order valence-corrected chi connectivity index (χ1v) is 8.25. The van der Waals surface area contributed by atoms with Crippen LogP contribution < -0.4 is 10.6 Å². The van der Waals surface area contributed by atoms with Gasteiger partial charge in [-0.25, -0.2) is 0 Å². The van der Waals surface area contributed by atoms with Gasteiger partial charge in [0, 0.05) is 37.9 Å². The average Bonchev–Trinajstić information content (AvgIpc) is 2.95. The van der Waals surface area contributed by atoms with Gasteiger partial charge in [0.2, 0.25) is 5.91 Å². The van der Waals surface area contributed by atoms with Gasteiger partial charge in [-0.15, -0.1) is 24.8 Å². The van der Waals surface area contributed by atoms with Gasteiger partial charge in [-0.1, -0.05) is 19.3 Å². The van der Waals surface area contributed by atoms with Gasteiger partial charge in [0.1, 0.15) is 6.04 Å². The Labute approximate surface area is 157 Å². The molecule has 0 aliphatic heterocycles. The van der Waals surface area contributed by atoms with Crippen molar-refractivity contribution in [2.45, 2.75) is 44.2 Å². The number of hydrogen-bond acceptors (Lipinski definition) is 4. The van der Waals surface area contributed by atoms with Crippen molar-refractivity contribution >= 4 is 30.7 Å². The molecular formula is C16H31Cl2N5O. The minimum Gasteiger partial charge on any atom is -0.353 e. The van der Waals surface area contributed by atoms with Crippen LogP contribution in [-0.4, -0.2) is 53.8 Å². The Balaban J connectivity index is 0.00000264. The van der Waals surface area contributed by atoms with Crippen LogP contribution in [-0.2, 0) is 11.8 Å². The van der Waals surface area contributed by atoms with Gasteiger partial charge in [0.25, 0.3) is 0 Å². The van der Waals surface area contributed by atoms with Crippen molar-refractivity contribution in [3.8, 4) is 0 Å². The van der Waals surface area contributed by atoms with E-state index in [1.807, 2.05) is 13.2 Å². The SMILES string of the molecule is CNC(C(=O)NCCN(C)C1CCCCC1)c1cnn(C)c1.Cl.Cl. The van der Waals surface area contributed by atoms with Gasteiger partial charge in [0.05, 0.1) is 6.20 Å². The monoisotopic (exact) mass is 379 g/mol. The van der Waals surface area contributed by atoms with E-state index in [2.05, 4.69) is 27.7 Å². The number of halogens is 2. The number of rotatable bonds is 7. The Hall–Kier alpha value is -0.820. The molecule has 1 aliphatic rings. The number of aryl methyl sites for hydroxylation is 1. The third kappa shape index (κ3) is 6.59. The van der Waals surface area contributed by atoms with E-state index >= 15 is 0 Å². The Kier molecular flexibility index (Phi) is 11.3. The molecule has 6 nitrogen and oxygen atoms in total. The molecule has 1 aromatic heterocycles. The van der Waals surface area contributed by atoms with E-state index in [-0.39, 0.29) is 36.8 Å². The molecule has 1 atom stereocenters. The Morgan fingerprint density at radius 1 is 1.38 bits per heavy atom. The largest absolute Gasteiger partial charge is 0.353 e. The number of likely N-dealkylation sites (N-methyl/N-ethyl adjacent to an activating group) is 2. The van der Waals surface area contributed by atoms with Gasteiger partial charge >= 0.3 is 0 Å². The zero-order valence-electron chi connectivity index (χ0n) is 14.8. The second kappa shape index (κ2) is 11.7. The summed E-state index contributed by atoms with van der Waals surface area (Å²) in [5, 5.41) is 10.2. The molecule has 2 N–H and O–H groups in total. The van der Waals surface area contributed by atoms with Crippen molar-refractivity contribution < 1.29 is 4.79 Å².